The zero-order valence-corrected chi connectivity index (χ0v) is 6.80. The molecule has 66 valence electrons. The van der Waals surface area contributed by atoms with E-state index in [1.54, 1.807) is 4.57 Å². The van der Waals surface area contributed by atoms with Gasteiger partial charge in [-0.3, -0.25) is 0 Å². The minimum atomic E-state index is -1.11. The van der Waals surface area contributed by atoms with Gasteiger partial charge in [-0.15, -0.1) is 0 Å². The topological polar surface area (TPSA) is 57.9 Å². The minimum absolute atomic E-state index is 0.152. The Morgan fingerprint density at radius 1 is 1.46 bits per heavy atom. The van der Waals surface area contributed by atoms with Gasteiger partial charge in [0.05, 0.1) is 29.9 Å². The molecule has 0 atom stereocenters. The van der Waals surface area contributed by atoms with E-state index in [1.807, 2.05) is 24.3 Å². The van der Waals surface area contributed by atoms with Crippen molar-refractivity contribution in [2.75, 3.05) is 0 Å². The van der Waals surface area contributed by atoms with E-state index < -0.39 is 5.97 Å². The van der Waals surface area contributed by atoms with Crippen molar-refractivity contribution < 1.29 is 9.90 Å². The van der Waals surface area contributed by atoms with E-state index in [2.05, 4.69) is 4.98 Å². The summed E-state index contributed by atoms with van der Waals surface area (Å²) >= 11 is 0. The van der Waals surface area contributed by atoms with Crippen molar-refractivity contribution in [2.45, 2.75) is 6.54 Å². The molecule has 0 amide bonds. The van der Waals surface area contributed by atoms with Crippen LogP contribution in [0.3, 0.4) is 0 Å². The van der Waals surface area contributed by atoms with Crippen LogP contribution < -0.4 is 5.11 Å². The summed E-state index contributed by atoms with van der Waals surface area (Å²) in [6.45, 7) is -0.152. The first-order valence-corrected chi connectivity index (χ1v) is 3.87. The third-order valence-corrected chi connectivity index (χ3v) is 1.83. The summed E-state index contributed by atoms with van der Waals surface area (Å²) in [5, 5.41) is 10.4. The van der Waals surface area contributed by atoms with E-state index in [9.17, 15) is 9.90 Å². The van der Waals surface area contributed by atoms with Gasteiger partial charge >= 0.3 is 0 Å². The molecule has 4 nitrogen and oxygen atoms in total. The molecule has 0 bridgehead atoms. The lowest BCUT2D eigenvalue weighted by atomic mass is 10.3. The Hall–Kier alpha value is -1.84. The highest BCUT2D eigenvalue weighted by molar-refractivity contribution is 5.77. The highest BCUT2D eigenvalue weighted by atomic mass is 16.4. The second-order valence-electron chi connectivity index (χ2n) is 2.73. The van der Waals surface area contributed by atoms with Crippen LogP contribution >= 0.6 is 0 Å². The lowest BCUT2D eigenvalue weighted by molar-refractivity contribution is -0.306. The van der Waals surface area contributed by atoms with E-state index in [-0.39, 0.29) is 6.54 Å². The molecule has 0 spiro atoms. The third kappa shape index (κ3) is 1.38. The lowest BCUT2D eigenvalue weighted by Gasteiger charge is -2.03. The van der Waals surface area contributed by atoms with Gasteiger partial charge in [0.2, 0.25) is 0 Å². The number of rotatable bonds is 2. The van der Waals surface area contributed by atoms with Crippen molar-refractivity contribution in [1.82, 2.24) is 9.55 Å². The van der Waals surface area contributed by atoms with Crippen LogP contribution in [0.2, 0.25) is 0 Å². The molecule has 1 aromatic carbocycles. The van der Waals surface area contributed by atoms with Crippen molar-refractivity contribution in [1.29, 1.82) is 0 Å². The van der Waals surface area contributed by atoms with E-state index in [1.165, 1.54) is 6.33 Å². The molecule has 0 saturated carbocycles. The quantitative estimate of drug-likeness (QED) is 0.634. The first kappa shape index (κ1) is 7.79. The van der Waals surface area contributed by atoms with Gasteiger partial charge in [0.1, 0.15) is 0 Å². The molecule has 1 aromatic heterocycles. The van der Waals surface area contributed by atoms with Gasteiger partial charge in [-0.2, -0.15) is 0 Å². The molecule has 0 aliphatic heterocycles. The van der Waals surface area contributed by atoms with E-state index >= 15 is 0 Å². The Kier molecular flexibility index (Phi) is 1.73. The highest BCUT2D eigenvalue weighted by Gasteiger charge is 1.99. The summed E-state index contributed by atoms with van der Waals surface area (Å²) in [7, 11) is 0. The van der Waals surface area contributed by atoms with Gasteiger partial charge in [-0.05, 0) is 12.1 Å². The number of aromatic nitrogens is 2. The molecule has 2 rings (SSSR count). The Labute approximate surface area is 74.4 Å². The molecular weight excluding hydrogens is 168 g/mol. The number of carboxylic acids is 1. The molecular formula is C9H7N2O2-. The van der Waals surface area contributed by atoms with Crippen LogP contribution in [0.1, 0.15) is 0 Å². The van der Waals surface area contributed by atoms with Crippen LogP contribution in [0.5, 0.6) is 0 Å². The van der Waals surface area contributed by atoms with E-state index in [0.717, 1.165) is 11.0 Å². The summed E-state index contributed by atoms with van der Waals surface area (Å²) in [5.41, 5.74) is 1.61. The van der Waals surface area contributed by atoms with Crippen LogP contribution in [0.15, 0.2) is 30.6 Å². The fraction of sp³-hybridized carbons (Fsp3) is 0.111. The van der Waals surface area contributed by atoms with Crippen LogP contribution in [-0.4, -0.2) is 15.5 Å². The van der Waals surface area contributed by atoms with Crippen molar-refractivity contribution in [3.05, 3.63) is 30.6 Å². The first-order valence-electron chi connectivity index (χ1n) is 3.87. The third-order valence-electron chi connectivity index (χ3n) is 1.83. The molecule has 2 aromatic rings. The number of benzene rings is 1. The maximum atomic E-state index is 10.4. The van der Waals surface area contributed by atoms with E-state index in [4.69, 9.17) is 0 Å². The van der Waals surface area contributed by atoms with Gasteiger partial charge in [-0.1, -0.05) is 12.1 Å². The van der Waals surface area contributed by atoms with Gasteiger partial charge in [0.15, 0.2) is 0 Å². The van der Waals surface area contributed by atoms with Gasteiger partial charge < -0.3 is 14.5 Å². The predicted molar refractivity (Wildman–Crippen MR) is 44.7 cm³/mol. The summed E-state index contributed by atoms with van der Waals surface area (Å²) in [4.78, 5) is 14.4. The van der Waals surface area contributed by atoms with Crippen molar-refractivity contribution in [3.8, 4) is 0 Å². The van der Waals surface area contributed by atoms with Crippen molar-refractivity contribution in [3.63, 3.8) is 0 Å². The zero-order valence-electron chi connectivity index (χ0n) is 6.80. The molecule has 0 fully saturated rings. The second-order valence-corrected chi connectivity index (χ2v) is 2.73. The average Bonchev–Trinajstić information content (AvgIpc) is 2.48. The van der Waals surface area contributed by atoms with Gasteiger partial charge in [-0.25, -0.2) is 4.98 Å². The predicted octanol–water partition coefficient (Wildman–Crippen LogP) is -0.214. The lowest BCUT2D eigenvalue weighted by Crippen LogP contribution is -2.27. The van der Waals surface area contributed by atoms with Crippen LogP contribution in [0, 0.1) is 0 Å². The summed E-state index contributed by atoms with van der Waals surface area (Å²) in [6, 6.07) is 7.36. The Morgan fingerprint density at radius 3 is 3.00 bits per heavy atom. The molecule has 0 unspecified atom stereocenters. The molecule has 0 N–H and O–H groups in total. The molecule has 13 heavy (non-hydrogen) atoms. The Balaban J connectivity index is 2.51. The fourth-order valence-corrected chi connectivity index (χ4v) is 1.28. The smallest absolute Gasteiger partial charge is 0.0961 e. The number of hydrogen-bond acceptors (Lipinski definition) is 3. The number of para-hydroxylation sites is 2. The molecule has 1 heterocycles. The second kappa shape index (κ2) is 2.90. The van der Waals surface area contributed by atoms with Crippen LogP contribution in [0.4, 0.5) is 0 Å². The number of hydrogen-bond donors (Lipinski definition) is 0. The number of carbonyl (C=O) groups excluding carboxylic acids is 1. The number of nitrogens with zero attached hydrogens (tertiary/aromatic N) is 2. The number of carbonyl (C=O) groups is 1. The SMILES string of the molecule is O=C([O-])Cn1cnc2ccccc21. The van der Waals surface area contributed by atoms with Gasteiger partial charge in [0, 0.05) is 0 Å². The molecule has 4 heteroatoms. The average molecular weight is 175 g/mol. The summed E-state index contributed by atoms with van der Waals surface area (Å²) in [5.74, 6) is -1.11. The Morgan fingerprint density at radius 2 is 2.23 bits per heavy atom. The van der Waals surface area contributed by atoms with Gasteiger partial charge in [0.25, 0.3) is 0 Å². The molecule has 0 aliphatic rings. The Bertz CT molecular complexity index is 448. The highest BCUT2D eigenvalue weighted by Crippen LogP contribution is 2.10. The van der Waals surface area contributed by atoms with Crippen molar-refractivity contribution in [2.24, 2.45) is 0 Å². The summed E-state index contributed by atoms with van der Waals surface area (Å²) in [6.07, 6.45) is 1.50. The largest absolute Gasteiger partial charge is 0.548 e. The van der Waals surface area contributed by atoms with Crippen LogP contribution in [-0.2, 0) is 11.3 Å². The minimum Gasteiger partial charge on any atom is -0.548 e. The maximum absolute atomic E-state index is 10.4. The number of imidazole rings is 1. The van der Waals surface area contributed by atoms with E-state index in [0.29, 0.717) is 0 Å². The monoisotopic (exact) mass is 175 g/mol. The van der Waals surface area contributed by atoms with Crippen LogP contribution in [0.25, 0.3) is 11.0 Å². The number of carboxylic acid groups (broad SMARTS) is 1. The molecule has 0 aliphatic carbocycles. The number of fused-ring (bicyclic) bond motifs is 1. The fourth-order valence-electron chi connectivity index (χ4n) is 1.28. The molecule has 0 saturated heterocycles. The molecule has 0 radical (unpaired) electrons. The number of aliphatic carboxylic acids is 1. The summed E-state index contributed by atoms with van der Waals surface area (Å²) < 4.78 is 1.55. The normalized spacial score (nSPS) is 10.5. The first-order chi connectivity index (χ1) is 6.27. The van der Waals surface area contributed by atoms with Crippen molar-refractivity contribution >= 4 is 17.0 Å². The standard InChI is InChI=1S/C9H8N2O2/c12-9(13)5-11-6-10-7-3-1-2-4-8(7)11/h1-4,6H,5H2,(H,12,13)/p-1. The zero-order chi connectivity index (χ0) is 9.26. The maximum Gasteiger partial charge on any atom is 0.0961 e.